The number of halogens is 1. The molecule has 0 radical (unpaired) electrons. The zero-order valence-corrected chi connectivity index (χ0v) is 22.2. The van der Waals surface area contributed by atoms with Crippen molar-refractivity contribution in [1.82, 2.24) is 0 Å². The predicted molar refractivity (Wildman–Crippen MR) is 136 cm³/mol. The Morgan fingerprint density at radius 3 is 2.34 bits per heavy atom. The Balaban J connectivity index is 1.45. The van der Waals surface area contributed by atoms with Crippen LogP contribution in [0.2, 0.25) is 0 Å². The number of esters is 1. The van der Waals surface area contributed by atoms with Crippen LogP contribution in [-0.2, 0) is 20.7 Å². The summed E-state index contributed by atoms with van der Waals surface area (Å²) in [6.07, 6.45) is 7.42. The van der Waals surface area contributed by atoms with Gasteiger partial charge in [-0.3, -0.25) is 9.59 Å². The molecule has 0 aliphatic heterocycles. The molecule has 4 aliphatic rings. The third-order valence-electron chi connectivity index (χ3n) is 10.6. The van der Waals surface area contributed by atoms with E-state index in [0.717, 1.165) is 56.1 Å². The molecule has 0 N–H and O–H groups in total. The summed E-state index contributed by atoms with van der Waals surface area (Å²) in [6, 6.07) is 7.53. The second kappa shape index (κ2) is 8.57. The molecule has 0 bridgehead atoms. The van der Waals surface area contributed by atoms with Crippen molar-refractivity contribution in [2.45, 2.75) is 91.1 Å². The number of ether oxygens (including phenoxy) is 1. The van der Waals surface area contributed by atoms with Gasteiger partial charge in [-0.15, -0.1) is 0 Å². The van der Waals surface area contributed by atoms with E-state index < -0.39 is 11.6 Å². The van der Waals surface area contributed by atoms with E-state index >= 15 is 0 Å². The summed E-state index contributed by atoms with van der Waals surface area (Å²) in [5.41, 5.74) is 1.32. The maximum Gasteiger partial charge on any atom is 0.339 e. The molecule has 5 rings (SSSR count). The van der Waals surface area contributed by atoms with Crippen LogP contribution in [0, 0.1) is 28.6 Å². The lowest BCUT2D eigenvalue weighted by Crippen LogP contribution is -2.58. The van der Waals surface area contributed by atoms with Gasteiger partial charge in [0.1, 0.15) is 0 Å². The first-order chi connectivity index (χ1) is 16.6. The molecule has 1 aromatic rings. The number of allylic oxidation sites excluding steroid dienone is 1. The average molecular weight is 497 g/mol. The van der Waals surface area contributed by atoms with Crippen molar-refractivity contribution in [3.63, 3.8) is 0 Å². The Labute approximate surface area is 213 Å². The lowest BCUT2D eigenvalue weighted by atomic mass is 9.46. The Morgan fingerprint density at radius 1 is 1.00 bits per heavy atom. The second-order valence-corrected chi connectivity index (χ2v) is 12.2. The molecule has 3 fully saturated rings. The van der Waals surface area contributed by atoms with E-state index in [9.17, 15) is 14.4 Å². The molecule has 5 heteroatoms. The minimum absolute atomic E-state index is 0.0339. The van der Waals surface area contributed by atoms with Crippen LogP contribution >= 0.6 is 11.6 Å². The highest BCUT2D eigenvalue weighted by Gasteiger charge is 2.68. The van der Waals surface area contributed by atoms with Gasteiger partial charge in [0.05, 0.1) is 10.6 Å². The van der Waals surface area contributed by atoms with Crippen LogP contribution < -0.4 is 0 Å². The van der Waals surface area contributed by atoms with Crippen LogP contribution in [0.1, 0.15) is 95.0 Å². The van der Waals surface area contributed by atoms with E-state index in [2.05, 4.69) is 20.8 Å². The van der Waals surface area contributed by atoms with E-state index in [0.29, 0.717) is 41.2 Å². The van der Waals surface area contributed by atoms with Crippen LogP contribution in [-0.4, -0.2) is 23.1 Å². The Kier molecular flexibility index (Phi) is 6.06. The molecule has 35 heavy (non-hydrogen) atoms. The lowest BCUT2D eigenvalue weighted by Gasteiger charge is -2.59. The number of Topliss-reactive ketones (excluding diaryl/α,β-unsaturated/α-hetero) is 2. The smallest absolute Gasteiger partial charge is 0.339 e. The maximum absolute atomic E-state index is 13.3. The van der Waals surface area contributed by atoms with Crippen molar-refractivity contribution in [3.8, 4) is 0 Å². The molecule has 0 heterocycles. The third-order valence-corrected chi connectivity index (χ3v) is 11.0. The van der Waals surface area contributed by atoms with Gasteiger partial charge >= 0.3 is 5.97 Å². The topological polar surface area (TPSA) is 60.4 Å². The fraction of sp³-hybridized carbons (Fsp3) is 0.633. The summed E-state index contributed by atoms with van der Waals surface area (Å²) < 4.78 is 6.27. The van der Waals surface area contributed by atoms with Crippen LogP contribution in [0.3, 0.4) is 0 Å². The fourth-order valence-electron chi connectivity index (χ4n) is 8.56. The molecule has 4 aliphatic carbocycles. The fourth-order valence-corrected chi connectivity index (χ4v) is 8.96. The molecule has 1 aromatic carbocycles. The number of benzene rings is 1. The van der Waals surface area contributed by atoms with Crippen molar-refractivity contribution in [3.05, 3.63) is 46.0 Å². The first kappa shape index (κ1) is 24.7. The van der Waals surface area contributed by atoms with Gasteiger partial charge < -0.3 is 4.74 Å². The van der Waals surface area contributed by atoms with Gasteiger partial charge in [-0.05, 0) is 105 Å². The zero-order chi connectivity index (χ0) is 25.2. The number of aryl methyl sites for hydroxylation is 1. The lowest BCUT2D eigenvalue weighted by molar-refractivity contribution is -0.161. The molecule has 188 valence electrons. The van der Waals surface area contributed by atoms with E-state index in [1.165, 1.54) is 0 Å². The van der Waals surface area contributed by atoms with Gasteiger partial charge in [0.2, 0.25) is 0 Å². The third kappa shape index (κ3) is 3.49. The summed E-state index contributed by atoms with van der Waals surface area (Å²) in [5.74, 6) is 0.873. The molecule has 0 aromatic heterocycles. The molecule has 0 amide bonds. The van der Waals surface area contributed by atoms with Gasteiger partial charge in [-0.2, -0.15) is 0 Å². The minimum Gasteiger partial charge on any atom is -0.447 e. The van der Waals surface area contributed by atoms with Gasteiger partial charge in [0.15, 0.2) is 17.2 Å². The number of ketones is 2. The van der Waals surface area contributed by atoms with Crippen molar-refractivity contribution < 1.29 is 19.1 Å². The van der Waals surface area contributed by atoms with E-state index in [1.807, 2.05) is 24.3 Å². The highest BCUT2D eigenvalue weighted by Crippen LogP contribution is 2.68. The molecule has 0 unspecified atom stereocenters. The molecule has 0 saturated heterocycles. The standard InChI is InChI=1S/C30H37ClO4/c1-5-19-6-8-20(9-7-19)27(34)35-30(18(2)32)17-13-23-21-10-11-24-26(31)25(33)14-15-28(24,3)22(21)12-16-29(23,30)4/h6-9,21-23H,5,10-17H2,1-4H3/t21-,22+,23+,28-,29+,30+/m1/s1. The summed E-state index contributed by atoms with van der Waals surface area (Å²) in [5, 5.41) is 0.484. The van der Waals surface area contributed by atoms with E-state index in [4.69, 9.17) is 16.3 Å². The highest BCUT2D eigenvalue weighted by atomic mass is 35.5. The van der Waals surface area contributed by atoms with Crippen molar-refractivity contribution in [2.75, 3.05) is 0 Å². The van der Waals surface area contributed by atoms with Gasteiger partial charge in [-0.1, -0.05) is 44.5 Å². The van der Waals surface area contributed by atoms with Crippen LogP contribution in [0.25, 0.3) is 0 Å². The molecule has 0 spiro atoms. The highest BCUT2D eigenvalue weighted by molar-refractivity contribution is 6.43. The van der Waals surface area contributed by atoms with Gasteiger partial charge in [0, 0.05) is 11.8 Å². The Bertz CT molecular complexity index is 1100. The van der Waals surface area contributed by atoms with Crippen LogP contribution in [0.15, 0.2) is 34.9 Å². The number of carbonyl (C=O) groups excluding carboxylic acids is 3. The second-order valence-electron chi connectivity index (χ2n) is 11.9. The first-order valence-electron chi connectivity index (χ1n) is 13.3. The number of hydrogen-bond acceptors (Lipinski definition) is 4. The van der Waals surface area contributed by atoms with Crippen molar-refractivity contribution in [1.29, 1.82) is 0 Å². The summed E-state index contributed by atoms with van der Waals surface area (Å²) in [4.78, 5) is 38.9. The molecular formula is C30H37ClO4. The first-order valence-corrected chi connectivity index (χ1v) is 13.7. The van der Waals surface area contributed by atoms with Crippen LogP contribution in [0.5, 0.6) is 0 Å². The Hall–Kier alpha value is -1.94. The summed E-state index contributed by atoms with van der Waals surface area (Å²) in [7, 11) is 0. The maximum atomic E-state index is 13.3. The number of rotatable bonds is 4. The Morgan fingerprint density at radius 2 is 1.69 bits per heavy atom. The molecular weight excluding hydrogens is 460 g/mol. The van der Waals surface area contributed by atoms with Crippen molar-refractivity contribution in [2.24, 2.45) is 28.6 Å². The van der Waals surface area contributed by atoms with Crippen molar-refractivity contribution >= 4 is 29.1 Å². The summed E-state index contributed by atoms with van der Waals surface area (Å²) in [6.45, 7) is 8.19. The normalized spacial score (nSPS) is 38.4. The SMILES string of the molecule is CCc1ccc(C(=O)O[C@]2(C(C)=O)CC[C@H]3[C@@H]4CCC5=C(Cl)C(=O)CC[C@]5(C)[C@H]4CC[C@@]32C)cc1. The molecule has 6 atom stereocenters. The number of hydrogen-bond donors (Lipinski definition) is 0. The monoisotopic (exact) mass is 496 g/mol. The van der Waals surface area contributed by atoms with E-state index in [1.54, 1.807) is 6.92 Å². The number of fused-ring (bicyclic) bond motifs is 5. The van der Waals surface area contributed by atoms with Gasteiger partial charge in [-0.25, -0.2) is 4.79 Å². The molecule has 4 nitrogen and oxygen atoms in total. The average Bonchev–Trinajstić information content (AvgIpc) is 3.15. The quantitative estimate of drug-likeness (QED) is 0.428. The largest absolute Gasteiger partial charge is 0.447 e. The van der Waals surface area contributed by atoms with E-state index in [-0.39, 0.29) is 22.4 Å². The predicted octanol–water partition coefficient (Wildman–Crippen LogP) is 6.83. The molecule has 3 saturated carbocycles. The number of carbonyl (C=O) groups is 3. The minimum atomic E-state index is -1.08. The van der Waals surface area contributed by atoms with Gasteiger partial charge in [0.25, 0.3) is 0 Å². The van der Waals surface area contributed by atoms with Crippen LogP contribution in [0.4, 0.5) is 0 Å². The summed E-state index contributed by atoms with van der Waals surface area (Å²) >= 11 is 6.55. The zero-order valence-electron chi connectivity index (χ0n) is 21.4.